The van der Waals surface area contributed by atoms with Crippen molar-refractivity contribution in [3.63, 3.8) is 0 Å². The number of hydrogen-bond acceptors (Lipinski definition) is 4. The van der Waals surface area contributed by atoms with Crippen molar-refractivity contribution in [2.75, 3.05) is 12.9 Å². The van der Waals surface area contributed by atoms with E-state index in [1.54, 1.807) is 18.9 Å². The van der Waals surface area contributed by atoms with Crippen molar-refractivity contribution in [1.82, 2.24) is 0 Å². The summed E-state index contributed by atoms with van der Waals surface area (Å²) >= 11 is 9.73. The summed E-state index contributed by atoms with van der Waals surface area (Å²) < 4.78 is 5.18. The van der Waals surface area contributed by atoms with Crippen LogP contribution < -0.4 is 4.74 Å². The molecule has 0 aromatic heterocycles. The van der Waals surface area contributed by atoms with Gasteiger partial charge in [0.25, 0.3) is 0 Å². The maximum absolute atomic E-state index is 6.08. The minimum Gasteiger partial charge on any atom is -0.497 e. The molecule has 2 nitrogen and oxygen atoms in total. The van der Waals surface area contributed by atoms with Gasteiger partial charge in [-0.3, -0.25) is 0 Å². The number of methoxy groups -OCH3 is 1. The van der Waals surface area contributed by atoms with Gasteiger partial charge in [-0.1, -0.05) is 23.7 Å². The zero-order valence-corrected chi connectivity index (χ0v) is 14.6. The lowest BCUT2D eigenvalue weighted by atomic mass is 10.2. The minimum atomic E-state index is 0.740. The van der Waals surface area contributed by atoms with Crippen molar-refractivity contribution in [2.45, 2.75) is 17.1 Å². The van der Waals surface area contributed by atoms with Crippen molar-refractivity contribution in [3.05, 3.63) is 53.1 Å². The number of fused-ring (bicyclic) bond motifs is 1. The highest BCUT2D eigenvalue weighted by Gasteiger charge is 2.12. The smallest absolute Gasteiger partial charge is 0.118 e. The van der Waals surface area contributed by atoms with Crippen LogP contribution in [0.1, 0.15) is 12.0 Å². The highest BCUT2D eigenvalue weighted by Crippen LogP contribution is 2.37. The average Bonchev–Trinajstić information content (AvgIpc) is 2.74. The van der Waals surface area contributed by atoms with Crippen LogP contribution in [0, 0.1) is 0 Å². The summed E-state index contributed by atoms with van der Waals surface area (Å²) in [7, 11) is 1.68. The standard InChI is InChI=1S/C17H16ClNOS2/c1-20-14-5-2-12(3-6-14)11-22-17-8-9-21-16-7-4-13(18)10-15(16)19-17/h2-7,10H,8-9,11H2,1H3. The second kappa shape index (κ2) is 7.44. The van der Waals surface area contributed by atoms with Crippen molar-refractivity contribution in [3.8, 4) is 5.75 Å². The van der Waals surface area contributed by atoms with E-state index in [1.807, 2.05) is 36.0 Å². The molecule has 1 aliphatic heterocycles. The maximum Gasteiger partial charge on any atom is 0.118 e. The second-order valence-corrected chi connectivity index (χ2v) is 7.47. The second-order valence-electron chi connectivity index (χ2n) is 4.85. The molecule has 0 saturated carbocycles. The third-order valence-electron chi connectivity index (χ3n) is 3.30. The van der Waals surface area contributed by atoms with Gasteiger partial charge in [0.05, 0.1) is 17.8 Å². The molecule has 5 heteroatoms. The Morgan fingerprint density at radius 2 is 2.05 bits per heavy atom. The highest BCUT2D eigenvalue weighted by atomic mass is 35.5. The minimum absolute atomic E-state index is 0.740. The first kappa shape index (κ1) is 15.8. The molecule has 114 valence electrons. The molecule has 0 amide bonds. The molecule has 0 bridgehead atoms. The summed E-state index contributed by atoms with van der Waals surface area (Å²) in [5.74, 6) is 2.87. The van der Waals surface area contributed by atoms with Crippen molar-refractivity contribution in [2.24, 2.45) is 4.99 Å². The monoisotopic (exact) mass is 349 g/mol. The average molecular weight is 350 g/mol. The number of aliphatic imine (C=N–C) groups is 1. The van der Waals surface area contributed by atoms with Crippen LogP contribution in [0.25, 0.3) is 0 Å². The summed E-state index contributed by atoms with van der Waals surface area (Å²) in [6, 6.07) is 14.1. The van der Waals surface area contributed by atoms with Gasteiger partial charge < -0.3 is 4.74 Å². The Morgan fingerprint density at radius 1 is 1.23 bits per heavy atom. The fourth-order valence-electron chi connectivity index (χ4n) is 2.13. The summed E-state index contributed by atoms with van der Waals surface area (Å²) in [5, 5.41) is 1.91. The number of nitrogens with zero attached hydrogens (tertiary/aromatic N) is 1. The van der Waals surface area contributed by atoms with E-state index in [0.29, 0.717) is 0 Å². The zero-order valence-electron chi connectivity index (χ0n) is 12.2. The number of halogens is 1. The lowest BCUT2D eigenvalue weighted by molar-refractivity contribution is 0.414. The molecule has 0 unspecified atom stereocenters. The zero-order chi connectivity index (χ0) is 15.4. The van der Waals surface area contributed by atoms with Gasteiger partial charge in [0, 0.05) is 27.8 Å². The number of benzene rings is 2. The molecule has 0 fully saturated rings. The van der Waals surface area contributed by atoms with E-state index in [9.17, 15) is 0 Å². The predicted octanol–water partition coefficient (Wildman–Crippen LogP) is 5.81. The maximum atomic E-state index is 6.08. The third-order valence-corrected chi connectivity index (χ3v) is 5.71. The largest absolute Gasteiger partial charge is 0.497 e. The Kier molecular flexibility index (Phi) is 5.34. The summed E-state index contributed by atoms with van der Waals surface area (Å²) in [5.41, 5.74) is 2.27. The molecule has 0 atom stereocenters. The molecule has 1 heterocycles. The van der Waals surface area contributed by atoms with Gasteiger partial charge in [0.15, 0.2) is 0 Å². The fraction of sp³-hybridized carbons (Fsp3) is 0.235. The van der Waals surface area contributed by atoms with Crippen molar-refractivity contribution >= 4 is 45.9 Å². The van der Waals surface area contributed by atoms with Crippen LogP contribution in [0.3, 0.4) is 0 Å². The quantitative estimate of drug-likeness (QED) is 0.698. The van der Waals surface area contributed by atoms with E-state index in [2.05, 4.69) is 18.2 Å². The Labute approximate surface area is 144 Å². The summed E-state index contributed by atoms with van der Waals surface area (Å²) in [6.07, 6.45) is 0.998. The van der Waals surface area contributed by atoms with Crippen LogP contribution in [0.5, 0.6) is 5.75 Å². The molecule has 2 aromatic rings. The molecule has 22 heavy (non-hydrogen) atoms. The number of hydrogen-bond donors (Lipinski definition) is 0. The molecular formula is C17H16ClNOS2. The van der Waals surface area contributed by atoms with Crippen LogP contribution in [0.15, 0.2) is 52.4 Å². The first-order chi connectivity index (χ1) is 10.7. The molecular weight excluding hydrogens is 334 g/mol. The molecule has 0 N–H and O–H groups in total. The van der Waals surface area contributed by atoms with E-state index >= 15 is 0 Å². The molecule has 0 aliphatic carbocycles. The van der Waals surface area contributed by atoms with Crippen LogP contribution in [0.2, 0.25) is 5.02 Å². The fourth-order valence-corrected chi connectivity index (χ4v) is 4.29. The van der Waals surface area contributed by atoms with Gasteiger partial charge in [-0.2, -0.15) is 0 Å². The molecule has 3 rings (SSSR count). The highest BCUT2D eigenvalue weighted by molar-refractivity contribution is 8.13. The van der Waals surface area contributed by atoms with Gasteiger partial charge in [0.2, 0.25) is 0 Å². The molecule has 0 spiro atoms. The van der Waals surface area contributed by atoms with E-state index in [0.717, 1.165) is 34.4 Å². The van der Waals surface area contributed by atoms with Crippen molar-refractivity contribution in [1.29, 1.82) is 0 Å². The van der Waals surface area contributed by atoms with Crippen molar-refractivity contribution < 1.29 is 4.74 Å². The van der Waals surface area contributed by atoms with Crippen LogP contribution in [-0.4, -0.2) is 17.9 Å². The van der Waals surface area contributed by atoms with Gasteiger partial charge in [-0.15, -0.1) is 23.5 Å². The first-order valence-electron chi connectivity index (χ1n) is 7.00. The number of thioether (sulfide) groups is 2. The Bertz CT molecular complexity index is 686. The summed E-state index contributed by atoms with van der Waals surface area (Å²) in [4.78, 5) is 6.01. The summed E-state index contributed by atoms with van der Waals surface area (Å²) in [6.45, 7) is 0. The Morgan fingerprint density at radius 3 is 2.82 bits per heavy atom. The number of ether oxygens (including phenoxy) is 1. The van der Waals surface area contributed by atoms with Crippen LogP contribution in [-0.2, 0) is 5.75 Å². The molecule has 0 saturated heterocycles. The van der Waals surface area contributed by atoms with E-state index in [-0.39, 0.29) is 0 Å². The Hall–Kier alpha value is -1.10. The predicted molar refractivity (Wildman–Crippen MR) is 98.2 cm³/mol. The van der Waals surface area contributed by atoms with E-state index in [1.165, 1.54) is 15.5 Å². The lowest BCUT2D eigenvalue weighted by Gasteiger charge is -2.05. The number of rotatable bonds is 3. The topological polar surface area (TPSA) is 21.6 Å². The SMILES string of the molecule is COc1ccc(CSC2=Nc3cc(Cl)ccc3SCC2)cc1. The van der Waals surface area contributed by atoms with Gasteiger partial charge >= 0.3 is 0 Å². The molecule has 2 aromatic carbocycles. The van der Waals surface area contributed by atoms with Crippen LogP contribution in [0.4, 0.5) is 5.69 Å². The first-order valence-corrected chi connectivity index (χ1v) is 9.35. The molecule has 0 radical (unpaired) electrons. The van der Waals surface area contributed by atoms with Gasteiger partial charge in [-0.05, 0) is 35.9 Å². The van der Waals surface area contributed by atoms with Gasteiger partial charge in [0.1, 0.15) is 5.75 Å². The van der Waals surface area contributed by atoms with E-state index < -0.39 is 0 Å². The molecule has 1 aliphatic rings. The van der Waals surface area contributed by atoms with Gasteiger partial charge in [-0.25, -0.2) is 4.99 Å². The third kappa shape index (κ3) is 4.00. The normalized spacial score (nSPS) is 14.0. The van der Waals surface area contributed by atoms with Crippen LogP contribution >= 0.6 is 35.1 Å². The van der Waals surface area contributed by atoms with E-state index in [4.69, 9.17) is 21.3 Å². The lowest BCUT2D eigenvalue weighted by Crippen LogP contribution is -1.94. The Balaban J connectivity index is 1.71.